The van der Waals surface area contributed by atoms with Crippen molar-refractivity contribution in [3.63, 3.8) is 0 Å². The maximum atomic E-state index is 12.0. The largest absolute Gasteiger partial charge is 0.504 e. The molecule has 5 heteroatoms. The summed E-state index contributed by atoms with van der Waals surface area (Å²) in [6, 6.07) is 9.46. The smallest absolute Gasteiger partial charge is 0.259 e. The summed E-state index contributed by atoms with van der Waals surface area (Å²) in [5, 5.41) is 21.7. The van der Waals surface area contributed by atoms with Gasteiger partial charge in [0, 0.05) is 11.4 Å². The highest BCUT2D eigenvalue weighted by Crippen LogP contribution is 2.29. The van der Waals surface area contributed by atoms with Crippen LogP contribution in [-0.2, 0) is 6.42 Å². The second kappa shape index (κ2) is 5.52. The molecule has 20 heavy (non-hydrogen) atoms. The molecule has 0 saturated heterocycles. The van der Waals surface area contributed by atoms with E-state index >= 15 is 0 Å². The number of para-hydroxylation sites is 1. The highest BCUT2D eigenvalue weighted by atomic mass is 16.3. The molecular weight excluding hydrogens is 256 g/mol. The van der Waals surface area contributed by atoms with Crippen molar-refractivity contribution >= 4 is 17.3 Å². The van der Waals surface area contributed by atoms with E-state index in [2.05, 4.69) is 5.32 Å². The second-order valence-corrected chi connectivity index (χ2v) is 4.39. The quantitative estimate of drug-likeness (QED) is 0.510. The number of nitrogens with two attached hydrogens (primary N) is 1. The summed E-state index contributed by atoms with van der Waals surface area (Å²) < 4.78 is 0. The molecule has 104 valence electrons. The van der Waals surface area contributed by atoms with Crippen molar-refractivity contribution in [2.24, 2.45) is 0 Å². The molecule has 0 spiro atoms. The van der Waals surface area contributed by atoms with Crippen LogP contribution in [0.2, 0.25) is 0 Å². The zero-order valence-electron chi connectivity index (χ0n) is 11.1. The van der Waals surface area contributed by atoms with E-state index in [1.807, 2.05) is 13.0 Å². The Morgan fingerprint density at radius 1 is 1.25 bits per heavy atom. The third-order valence-corrected chi connectivity index (χ3v) is 3.04. The highest BCUT2D eigenvalue weighted by molar-refractivity contribution is 6.06. The van der Waals surface area contributed by atoms with Gasteiger partial charge in [0.25, 0.3) is 5.91 Å². The van der Waals surface area contributed by atoms with E-state index in [-0.39, 0.29) is 11.3 Å². The minimum atomic E-state index is -0.512. The van der Waals surface area contributed by atoms with Gasteiger partial charge >= 0.3 is 0 Å². The van der Waals surface area contributed by atoms with Gasteiger partial charge in [0.2, 0.25) is 0 Å². The SMILES string of the molecule is CCc1ccc(NC(=O)c2cccc(O)c2O)cc1N. The summed E-state index contributed by atoms with van der Waals surface area (Å²) in [5.41, 5.74) is 8.00. The number of carbonyl (C=O) groups excluding carboxylic acids is 1. The van der Waals surface area contributed by atoms with Crippen molar-refractivity contribution in [1.82, 2.24) is 0 Å². The third-order valence-electron chi connectivity index (χ3n) is 3.04. The molecule has 0 aromatic heterocycles. The van der Waals surface area contributed by atoms with Crippen molar-refractivity contribution in [3.8, 4) is 11.5 Å². The number of phenolic OH excluding ortho intramolecular Hbond substituents is 2. The molecule has 0 unspecified atom stereocenters. The molecule has 2 aromatic carbocycles. The summed E-state index contributed by atoms with van der Waals surface area (Å²) >= 11 is 0. The van der Waals surface area contributed by atoms with Crippen LogP contribution >= 0.6 is 0 Å². The number of rotatable bonds is 3. The lowest BCUT2D eigenvalue weighted by atomic mass is 10.1. The van der Waals surface area contributed by atoms with Crippen molar-refractivity contribution in [1.29, 1.82) is 0 Å². The van der Waals surface area contributed by atoms with Crippen molar-refractivity contribution in [3.05, 3.63) is 47.5 Å². The minimum Gasteiger partial charge on any atom is -0.504 e. The Labute approximate surface area is 116 Å². The van der Waals surface area contributed by atoms with Gasteiger partial charge < -0.3 is 21.3 Å². The number of hydrogen-bond acceptors (Lipinski definition) is 4. The molecule has 1 amide bonds. The molecule has 0 atom stereocenters. The standard InChI is InChI=1S/C15H16N2O3/c1-2-9-6-7-10(8-12(9)16)17-15(20)11-4-3-5-13(18)14(11)19/h3-8,18-19H,2,16H2,1H3,(H,17,20). The fourth-order valence-corrected chi connectivity index (χ4v) is 1.91. The molecule has 0 saturated carbocycles. The number of benzene rings is 2. The van der Waals surface area contributed by atoms with Gasteiger partial charge in [-0.3, -0.25) is 4.79 Å². The molecule has 0 radical (unpaired) electrons. The number of amides is 1. The Morgan fingerprint density at radius 2 is 2.00 bits per heavy atom. The Bertz CT molecular complexity index is 654. The fourth-order valence-electron chi connectivity index (χ4n) is 1.91. The maximum Gasteiger partial charge on any atom is 0.259 e. The first-order valence-electron chi connectivity index (χ1n) is 6.23. The van der Waals surface area contributed by atoms with Crippen LogP contribution in [-0.4, -0.2) is 16.1 Å². The van der Waals surface area contributed by atoms with Gasteiger partial charge in [-0.25, -0.2) is 0 Å². The second-order valence-electron chi connectivity index (χ2n) is 4.39. The molecule has 0 aliphatic carbocycles. The normalized spacial score (nSPS) is 10.2. The minimum absolute atomic E-state index is 0.00291. The zero-order chi connectivity index (χ0) is 14.7. The number of nitrogens with one attached hydrogen (secondary N) is 1. The number of aryl methyl sites for hydroxylation is 1. The topological polar surface area (TPSA) is 95.6 Å². The molecule has 2 aromatic rings. The van der Waals surface area contributed by atoms with E-state index in [1.165, 1.54) is 18.2 Å². The summed E-state index contributed by atoms with van der Waals surface area (Å²) in [6.45, 7) is 1.99. The van der Waals surface area contributed by atoms with Gasteiger partial charge in [0.05, 0.1) is 5.56 Å². The highest BCUT2D eigenvalue weighted by Gasteiger charge is 2.14. The summed E-state index contributed by atoms with van der Waals surface area (Å²) in [7, 11) is 0. The third kappa shape index (κ3) is 2.66. The molecule has 0 aliphatic heterocycles. The van der Waals surface area contributed by atoms with E-state index in [4.69, 9.17) is 5.73 Å². The first-order valence-corrected chi connectivity index (χ1v) is 6.23. The van der Waals surface area contributed by atoms with E-state index in [1.54, 1.807) is 12.1 Å². The summed E-state index contributed by atoms with van der Waals surface area (Å²) in [6.07, 6.45) is 0.813. The van der Waals surface area contributed by atoms with Crippen molar-refractivity contribution < 1.29 is 15.0 Å². The first-order chi connectivity index (χ1) is 9.52. The first kappa shape index (κ1) is 13.7. The summed E-state index contributed by atoms with van der Waals surface area (Å²) in [4.78, 5) is 12.0. The van der Waals surface area contributed by atoms with Gasteiger partial charge in [-0.1, -0.05) is 19.1 Å². The Kier molecular flexibility index (Phi) is 3.79. The molecule has 2 rings (SSSR count). The van der Waals surface area contributed by atoms with Gasteiger partial charge in [0.1, 0.15) is 0 Å². The average Bonchev–Trinajstić information content (AvgIpc) is 2.42. The van der Waals surface area contributed by atoms with Crippen LogP contribution in [0.5, 0.6) is 11.5 Å². The molecule has 0 heterocycles. The number of aromatic hydroxyl groups is 2. The lowest BCUT2D eigenvalue weighted by Gasteiger charge is -2.10. The molecule has 5 nitrogen and oxygen atoms in total. The van der Waals surface area contributed by atoms with Gasteiger partial charge in [-0.05, 0) is 36.2 Å². The molecule has 0 bridgehead atoms. The van der Waals surface area contributed by atoms with E-state index < -0.39 is 11.7 Å². The Balaban J connectivity index is 2.24. The number of nitrogen functional groups attached to an aromatic ring is 1. The average molecular weight is 272 g/mol. The Morgan fingerprint density at radius 3 is 2.65 bits per heavy atom. The predicted octanol–water partition coefficient (Wildman–Crippen LogP) is 2.49. The molecule has 0 fully saturated rings. The van der Waals surface area contributed by atoms with Crippen molar-refractivity contribution in [2.45, 2.75) is 13.3 Å². The zero-order valence-corrected chi connectivity index (χ0v) is 11.1. The van der Waals surface area contributed by atoms with Crippen LogP contribution in [0.25, 0.3) is 0 Å². The monoisotopic (exact) mass is 272 g/mol. The number of phenols is 2. The van der Waals surface area contributed by atoms with Gasteiger partial charge in [-0.2, -0.15) is 0 Å². The maximum absolute atomic E-state index is 12.0. The van der Waals surface area contributed by atoms with Crippen LogP contribution in [0, 0.1) is 0 Å². The fraction of sp³-hybridized carbons (Fsp3) is 0.133. The number of anilines is 2. The molecule has 5 N–H and O–H groups in total. The van der Waals surface area contributed by atoms with Crippen LogP contribution in [0.1, 0.15) is 22.8 Å². The number of hydrogen-bond donors (Lipinski definition) is 4. The van der Waals surface area contributed by atoms with Crippen LogP contribution < -0.4 is 11.1 Å². The van der Waals surface area contributed by atoms with Gasteiger partial charge in [-0.15, -0.1) is 0 Å². The Hall–Kier alpha value is -2.69. The van der Waals surface area contributed by atoms with Gasteiger partial charge in [0.15, 0.2) is 11.5 Å². The van der Waals surface area contributed by atoms with E-state index in [0.29, 0.717) is 11.4 Å². The lowest BCUT2D eigenvalue weighted by Crippen LogP contribution is -2.12. The van der Waals surface area contributed by atoms with E-state index in [9.17, 15) is 15.0 Å². The van der Waals surface area contributed by atoms with E-state index in [0.717, 1.165) is 12.0 Å². The predicted molar refractivity (Wildman–Crippen MR) is 78.0 cm³/mol. The molecular formula is C15H16N2O3. The number of carbonyl (C=O) groups is 1. The van der Waals surface area contributed by atoms with Crippen LogP contribution in [0.4, 0.5) is 11.4 Å². The van der Waals surface area contributed by atoms with Crippen molar-refractivity contribution in [2.75, 3.05) is 11.1 Å². The van der Waals surface area contributed by atoms with Crippen LogP contribution in [0.15, 0.2) is 36.4 Å². The van der Waals surface area contributed by atoms with Crippen LogP contribution in [0.3, 0.4) is 0 Å². The summed E-state index contributed by atoms with van der Waals surface area (Å²) in [5.74, 6) is -1.29. The lowest BCUT2D eigenvalue weighted by molar-refractivity contribution is 0.102. The molecule has 0 aliphatic rings.